The van der Waals surface area contributed by atoms with Crippen molar-refractivity contribution in [1.82, 2.24) is 10.2 Å². The van der Waals surface area contributed by atoms with E-state index in [2.05, 4.69) is 29.3 Å². The predicted molar refractivity (Wildman–Crippen MR) is 117 cm³/mol. The first kappa shape index (κ1) is 23.2. The van der Waals surface area contributed by atoms with Crippen LogP contribution in [0.4, 0.5) is 13.2 Å². The summed E-state index contributed by atoms with van der Waals surface area (Å²) in [4.78, 5) is 0. The van der Waals surface area contributed by atoms with Crippen molar-refractivity contribution in [3.8, 4) is 16.3 Å². The molecule has 2 aromatic carbocycles. The molecule has 0 aliphatic carbocycles. The van der Waals surface area contributed by atoms with E-state index in [-0.39, 0.29) is 12.4 Å². The monoisotopic (exact) mass is 448 g/mol. The molecule has 0 unspecified atom stereocenters. The summed E-state index contributed by atoms with van der Waals surface area (Å²) in [6.45, 7) is 5.67. The molecule has 0 aliphatic heterocycles. The summed E-state index contributed by atoms with van der Waals surface area (Å²) in [6.07, 6.45) is -1.07. The number of halogens is 3. The number of alkyl halides is 3. The van der Waals surface area contributed by atoms with Gasteiger partial charge in [-0.1, -0.05) is 41.7 Å². The fraction of sp³-hybridized carbons (Fsp3) is 0.348. The molecule has 31 heavy (non-hydrogen) atoms. The Balaban J connectivity index is 1.62. The van der Waals surface area contributed by atoms with E-state index in [0.717, 1.165) is 36.7 Å². The van der Waals surface area contributed by atoms with Gasteiger partial charge in [-0.25, -0.2) is 0 Å². The van der Waals surface area contributed by atoms with Gasteiger partial charge in [-0.2, -0.15) is 13.2 Å². The van der Waals surface area contributed by atoms with Crippen LogP contribution in [0.3, 0.4) is 0 Å². The maximum absolute atomic E-state index is 13.6. The molecule has 165 valence electrons. The van der Waals surface area contributed by atoms with E-state index in [1.807, 2.05) is 18.2 Å². The van der Waals surface area contributed by atoms with E-state index in [9.17, 15) is 13.2 Å². The van der Waals surface area contributed by atoms with Crippen LogP contribution in [0.2, 0.25) is 0 Å². The van der Waals surface area contributed by atoms with Crippen LogP contribution in [0.5, 0.6) is 5.75 Å². The molecule has 0 fully saturated rings. The average Bonchev–Trinajstić information content (AvgIpc) is 3.21. The van der Waals surface area contributed by atoms with Crippen LogP contribution >= 0.6 is 11.3 Å². The van der Waals surface area contributed by atoms with Gasteiger partial charge in [-0.15, -0.1) is 10.2 Å². The molecule has 0 amide bonds. The number of nitrogens with two attached hydrogens (primary N) is 1. The predicted octanol–water partition coefficient (Wildman–Crippen LogP) is 6.02. The lowest BCUT2D eigenvalue weighted by molar-refractivity contribution is -0.138. The summed E-state index contributed by atoms with van der Waals surface area (Å²) in [6, 6.07) is 14.1. The SMILES string of the molecule is [CH2][C@@](C)(N)c1nnc(-c2ccc(OCCCCCc3ccccc3)c(C(F)(F)F)c2)s1. The van der Waals surface area contributed by atoms with Crippen LogP contribution in [-0.4, -0.2) is 16.8 Å². The molecule has 3 rings (SSSR count). The third kappa shape index (κ3) is 6.51. The second-order valence-corrected chi connectivity index (χ2v) is 8.66. The van der Waals surface area contributed by atoms with E-state index in [4.69, 9.17) is 10.5 Å². The lowest BCUT2D eigenvalue weighted by atomic mass is 10.1. The van der Waals surface area contributed by atoms with E-state index in [1.165, 1.54) is 11.6 Å². The van der Waals surface area contributed by atoms with Gasteiger partial charge in [0.2, 0.25) is 0 Å². The normalized spacial score (nSPS) is 12.2. The maximum Gasteiger partial charge on any atom is 0.419 e. The second kappa shape index (κ2) is 9.78. The van der Waals surface area contributed by atoms with Gasteiger partial charge in [0, 0.05) is 5.56 Å². The molecule has 1 heterocycles. The molecule has 0 aliphatic rings. The summed E-state index contributed by atoms with van der Waals surface area (Å²) in [5, 5.41) is 8.72. The molecule has 4 nitrogen and oxygen atoms in total. The smallest absolute Gasteiger partial charge is 0.419 e. The first-order valence-electron chi connectivity index (χ1n) is 10.0. The van der Waals surface area contributed by atoms with Crippen LogP contribution in [-0.2, 0) is 18.1 Å². The molecular weight excluding hydrogens is 423 g/mol. The molecule has 0 saturated carbocycles. The van der Waals surface area contributed by atoms with Crippen molar-refractivity contribution in [2.45, 2.75) is 44.3 Å². The number of unbranched alkanes of at least 4 members (excludes halogenated alkanes) is 2. The van der Waals surface area contributed by atoms with Crippen molar-refractivity contribution < 1.29 is 17.9 Å². The number of nitrogens with zero attached hydrogens (tertiary/aromatic N) is 2. The Morgan fingerprint density at radius 1 is 1.03 bits per heavy atom. The van der Waals surface area contributed by atoms with Crippen molar-refractivity contribution in [2.75, 3.05) is 6.61 Å². The molecule has 1 radical (unpaired) electrons. The lowest BCUT2D eigenvalue weighted by Gasteiger charge is -2.15. The van der Waals surface area contributed by atoms with E-state index < -0.39 is 17.3 Å². The summed E-state index contributed by atoms with van der Waals surface area (Å²) in [7, 11) is 0. The minimum absolute atomic E-state index is 0.176. The Labute approximate surface area is 184 Å². The fourth-order valence-electron chi connectivity index (χ4n) is 3.02. The van der Waals surface area contributed by atoms with Gasteiger partial charge in [0.05, 0.1) is 17.7 Å². The van der Waals surface area contributed by atoms with Crippen LogP contribution in [0.25, 0.3) is 10.6 Å². The van der Waals surface area contributed by atoms with Crippen LogP contribution in [0, 0.1) is 6.92 Å². The molecule has 1 aromatic heterocycles. The van der Waals surface area contributed by atoms with E-state index >= 15 is 0 Å². The van der Waals surface area contributed by atoms with Crippen molar-refractivity contribution in [2.24, 2.45) is 5.73 Å². The number of benzene rings is 2. The van der Waals surface area contributed by atoms with Gasteiger partial charge in [-0.05, 0) is 63.3 Å². The summed E-state index contributed by atoms with van der Waals surface area (Å²) in [5.74, 6) is -0.176. The van der Waals surface area contributed by atoms with Crippen molar-refractivity contribution in [1.29, 1.82) is 0 Å². The quantitative estimate of drug-likeness (QED) is 0.407. The summed E-state index contributed by atoms with van der Waals surface area (Å²) in [5.41, 5.74) is 5.69. The number of hydrogen-bond donors (Lipinski definition) is 1. The Morgan fingerprint density at radius 3 is 2.42 bits per heavy atom. The second-order valence-electron chi connectivity index (χ2n) is 7.68. The topological polar surface area (TPSA) is 61.0 Å². The molecule has 0 spiro atoms. The van der Waals surface area contributed by atoms with Gasteiger partial charge in [-0.3, -0.25) is 0 Å². The highest BCUT2D eigenvalue weighted by atomic mass is 32.1. The van der Waals surface area contributed by atoms with Gasteiger partial charge < -0.3 is 10.5 Å². The maximum atomic E-state index is 13.6. The van der Waals surface area contributed by atoms with Gasteiger partial charge in [0.15, 0.2) is 0 Å². The standard InChI is InChI=1S/C23H25F3N3OS/c1-22(2,27)21-29-28-20(31-21)17-12-13-19(18(15-17)23(24,25)26)30-14-8-4-7-11-16-9-5-3-6-10-16/h3,5-6,9-10,12-13,15H,1,4,7-8,11,14,27H2,2H3/t22-/m0/s1. The molecule has 1 atom stereocenters. The van der Waals surface area contributed by atoms with Crippen LogP contribution in [0.1, 0.15) is 42.3 Å². The van der Waals surface area contributed by atoms with E-state index in [1.54, 1.807) is 13.0 Å². The number of rotatable bonds is 9. The first-order chi connectivity index (χ1) is 14.6. The zero-order valence-electron chi connectivity index (χ0n) is 17.3. The molecule has 8 heteroatoms. The number of aryl methyl sites for hydroxylation is 1. The van der Waals surface area contributed by atoms with Gasteiger partial charge in [0.25, 0.3) is 0 Å². The summed E-state index contributed by atoms with van der Waals surface area (Å²) >= 11 is 1.13. The van der Waals surface area contributed by atoms with Gasteiger partial charge >= 0.3 is 6.18 Å². The Hall–Kier alpha value is -2.45. The highest BCUT2D eigenvalue weighted by molar-refractivity contribution is 7.14. The minimum Gasteiger partial charge on any atom is -0.493 e. The number of hydrogen-bond acceptors (Lipinski definition) is 5. The molecule has 3 aromatic rings. The molecule has 0 bridgehead atoms. The highest BCUT2D eigenvalue weighted by Gasteiger charge is 2.35. The number of aromatic nitrogens is 2. The largest absolute Gasteiger partial charge is 0.493 e. The highest BCUT2D eigenvalue weighted by Crippen LogP contribution is 2.39. The van der Waals surface area contributed by atoms with Crippen molar-refractivity contribution in [3.05, 3.63) is 71.6 Å². The minimum atomic E-state index is -4.54. The van der Waals surface area contributed by atoms with Crippen LogP contribution < -0.4 is 10.5 Å². The molecule has 2 N–H and O–H groups in total. The Morgan fingerprint density at radius 2 is 1.77 bits per heavy atom. The van der Waals surface area contributed by atoms with Gasteiger partial charge in [0.1, 0.15) is 15.8 Å². The number of ether oxygens (including phenoxy) is 1. The first-order valence-corrected chi connectivity index (χ1v) is 10.8. The van der Waals surface area contributed by atoms with Crippen molar-refractivity contribution >= 4 is 11.3 Å². The zero-order chi connectivity index (χ0) is 22.5. The third-order valence-electron chi connectivity index (χ3n) is 4.66. The Kier molecular flexibility index (Phi) is 7.33. The average molecular weight is 449 g/mol. The Bertz CT molecular complexity index is 982. The van der Waals surface area contributed by atoms with E-state index in [0.29, 0.717) is 22.0 Å². The molecular formula is C23H25F3N3OS. The zero-order valence-corrected chi connectivity index (χ0v) is 18.1. The lowest BCUT2D eigenvalue weighted by Crippen LogP contribution is -2.28. The van der Waals surface area contributed by atoms with Crippen LogP contribution in [0.15, 0.2) is 48.5 Å². The summed E-state index contributed by atoms with van der Waals surface area (Å²) < 4.78 is 46.3. The van der Waals surface area contributed by atoms with Crippen molar-refractivity contribution in [3.63, 3.8) is 0 Å². The molecule has 0 saturated heterocycles. The third-order valence-corrected chi connectivity index (χ3v) is 5.91. The fourth-order valence-corrected chi connectivity index (χ4v) is 3.84.